The van der Waals surface area contributed by atoms with Crippen LogP contribution in [0.25, 0.3) is 11.1 Å². The second-order valence-corrected chi connectivity index (χ2v) is 8.17. The van der Waals surface area contributed by atoms with Gasteiger partial charge in [0, 0.05) is 48.7 Å². The fourth-order valence-corrected chi connectivity index (χ4v) is 4.47. The van der Waals surface area contributed by atoms with Crippen molar-refractivity contribution in [3.63, 3.8) is 0 Å². The molecule has 3 atom stereocenters. The van der Waals surface area contributed by atoms with Gasteiger partial charge in [0.25, 0.3) is 0 Å². The number of carbonyl (C=O) groups is 1. The van der Waals surface area contributed by atoms with Crippen LogP contribution in [0, 0.1) is 11.3 Å². The van der Waals surface area contributed by atoms with Crippen LogP contribution in [-0.2, 0) is 4.79 Å². The van der Waals surface area contributed by atoms with Crippen molar-refractivity contribution in [1.82, 2.24) is 24.6 Å². The van der Waals surface area contributed by atoms with Crippen LogP contribution < -0.4 is 0 Å². The number of aromatic amines is 1. The van der Waals surface area contributed by atoms with Gasteiger partial charge in [-0.15, -0.1) is 0 Å². The molecule has 33 heavy (non-hydrogen) atoms. The summed E-state index contributed by atoms with van der Waals surface area (Å²) in [5.74, 6) is -2.59. The second-order valence-electron chi connectivity index (χ2n) is 8.17. The number of aromatic nitrogens is 3. The van der Waals surface area contributed by atoms with Crippen LogP contribution in [-0.4, -0.2) is 74.0 Å². The number of piperazine rings is 1. The van der Waals surface area contributed by atoms with E-state index in [1.165, 1.54) is 17.3 Å². The number of nitrogens with zero attached hydrogens (tertiary/aromatic N) is 5. The lowest BCUT2D eigenvalue weighted by atomic mass is 10.1. The number of aliphatic imine (C=N–C) groups is 1. The van der Waals surface area contributed by atoms with E-state index in [1.54, 1.807) is 12.3 Å². The Labute approximate surface area is 185 Å². The lowest BCUT2D eigenvalue weighted by Crippen LogP contribution is -2.59. The van der Waals surface area contributed by atoms with Gasteiger partial charge in [-0.1, -0.05) is 0 Å². The first-order valence-electron chi connectivity index (χ1n) is 10.3. The highest BCUT2D eigenvalue weighted by Gasteiger charge is 2.50. The summed E-state index contributed by atoms with van der Waals surface area (Å²) in [7, 11) is 0. The molecule has 178 valence electrons. The summed E-state index contributed by atoms with van der Waals surface area (Å²) in [6.45, 7) is -1.33. The van der Waals surface area contributed by atoms with Crippen LogP contribution in [0.2, 0.25) is 0 Å². The van der Waals surface area contributed by atoms with Crippen LogP contribution in [0.4, 0.5) is 22.0 Å². The molecule has 2 fully saturated rings. The minimum atomic E-state index is -4.60. The molecule has 4 heterocycles. The Morgan fingerprint density at radius 2 is 1.94 bits per heavy atom. The van der Waals surface area contributed by atoms with Gasteiger partial charge < -0.3 is 14.8 Å². The minimum Gasteiger partial charge on any atom is -0.358 e. The second kappa shape index (κ2) is 8.60. The monoisotopic (exact) mass is 471 g/mol. The van der Waals surface area contributed by atoms with E-state index in [1.807, 2.05) is 4.90 Å². The third-order valence-corrected chi connectivity index (χ3v) is 6.14. The highest BCUT2D eigenvalue weighted by molar-refractivity contribution is 6.02. The Balaban J connectivity index is 1.54. The molecule has 3 unspecified atom stereocenters. The van der Waals surface area contributed by atoms with E-state index in [0.717, 1.165) is 13.3 Å². The first-order chi connectivity index (χ1) is 15.6. The van der Waals surface area contributed by atoms with E-state index in [2.05, 4.69) is 15.1 Å². The number of halogens is 5. The van der Waals surface area contributed by atoms with Crippen LogP contribution in [0.15, 0.2) is 29.6 Å². The molecule has 13 heteroatoms. The van der Waals surface area contributed by atoms with Crippen LogP contribution >= 0.6 is 0 Å². The molecule has 8 nitrogen and oxygen atoms in total. The molecular formula is C20H22F5N7O. The number of H-pyrrole nitrogens is 1. The maximum atomic E-state index is 13.1. The summed E-state index contributed by atoms with van der Waals surface area (Å²) < 4.78 is 65.4. The van der Waals surface area contributed by atoms with Gasteiger partial charge in [0.15, 0.2) is 5.84 Å². The van der Waals surface area contributed by atoms with Gasteiger partial charge in [-0.25, -0.2) is 9.67 Å². The summed E-state index contributed by atoms with van der Waals surface area (Å²) in [5.41, 5.74) is 1.56. The van der Waals surface area contributed by atoms with Crippen LogP contribution in [0.1, 0.15) is 32.0 Å². The zero-order chi connectivity index (χ0) is 23.9. The van der Waals surface area contributed by atoms with Gasteiger partial charge in [0.1, 0.15) is 12.3 Å². The summed E-state index contributed by atoms with van der Waals surface area (Å²) in [5, 5.41) is 11.0. The SMILES string of the molecule is CC(C(=O)N1C2CCC1CN(C(=NC=N)c1cc(-c3cnn(C(F)F)c3)c[nH]1)C2)C(F)(F)F. The number of amides is 1. The number of fused-ring (bicyclic) bond motifs is 2. The van der Waals surface area contributed by atoms with E-state index in [0.29, 0.717) is 40.2 Å². The molecule has 0 aromatic carbocycles. The number of likely N-dealkylation sites (tertiary alicyclic amines) is 1. The van der Waals surface area contributed by atoms with E-state index < -0.39 is 36.6 Å². The van der Waals surface area contributed by atoms with Crippen molar-refractivity contribution in [3.05, 3.63) is 30.4 Å². The van der Waals surface area contributed by atoms with Crippen molar-refractivity contribution < 1.29 is 26.7 Å². The summed E-state index contributed by atoms with van der Waals surface area (Å²) in [6, 6.07) is 0.895. The summed E-state index contributed by atoms with van der Waals surface area (Å²) in [6.07, 6.45) is 1.53. The zero-order valence-electron chi connectivity index (χ0n) is 17.6. The van der Waals surface area contributed by atoms with Gasteiger partial charge in [-0.3, -0.25) is 10.2 Å². The van der Waals surface area contributed by atoms with Crippen molar-refractivity contribution in [2.45, 2.75) is 44.6 Å². The Kier molecular flexibility index (Phi) is 5.97. The summed E-state index contributed by atoms with van der Waals surface area (Å²) >= 11 is 0. The molecule has 2 saturated heterocycles. The van der Waals surface area contributed by atoms with Gasteiger partial charge in [0.2, 0.25) is 5.91 Å². The number of nitrogens with one attached hydrogen (secondary N) is 2. The van der Waals surface area contributed by atoms with Crippen LogP contribution in [0.5, 0.6) is 0 Å². The Morgan fingerprint density at radius 3 is 2.48 bits per heavy atom. The molecular weight excluding hydrogens is 449 g/mol. The molecule has 1 amide bonds. The van der Waals surface area contributed by atoms with Gasteiger partial charge >= 0.3 is 12.7 Å². The maximum Gasteiger partial charge on any atom is 0.400 e. The van der Waals surface area contributed by atoms with E-state index in [4.69, 9.17) is 5.41 Å². The summed E-state index contributed by atoms with van der Waals surface area (Å²) in [4.78, 5) is 22.9. The van der Waals surface area contributed by atoms with E-state index in [9.17, 15) is 26.7 Å². The number of hydrogen-bond donors (Lipinski definition) is 2. The van der Waals surface area contributed by atoms with Crippen molar-refractivity contribution in [2.24, 2.45) is 10.9 Å². The molecule has 0 saturated carbocycles. The fourth-order valence-electron chi connectivity index (χ4n) is 4.47. The van der Waals surface area contributed by atoms with Crippen LogP contribution in [0.3, 0.4) is 0 Å². The van der Waals surface area contributed by atoms with Crippen molar-refractivity contribution in [3.8, 4) is 11.1 Å². The smallest absolute Gasteiger partial charge is 0.358 e. The Hall–Kier alpha value is -3.25. The standard InChI is InChI=1S/C20H22F5N7O/c1-11(20(23,24)25)18(33)32-14-2-3-15(32)9-30(8-14)17(28-10-26)16-4-12(5-27-16)13-6-29-31(7-13)19(21)22/h4-7,10-11,14-15,19,26-27H,2-3,8-9H2,1H3. The maximum absolute atomic E-state index is 13.1. The Bertz CT molecular complexity index is 1050. The van der Waals surface area contributed by atoms with Crippen molar-refractivity contribution in [1.29, 1.82) is 5.41 Å². The first-order valence-corrected chi connectivity index (χ1v) is 10.3. The molecule has 0 radical (unpaired) electrons. The molecule has 2 N–H and O–H groups in total. The molecule has 2 aliphatic heterocycles. The third kappa shape index (κ3) is 4.35. The fraction of sp³-hybridized carbons (Fsp3) is 0.500. The molecule has 0 spiro atoms. The number of carbonyl (C=O) groups excluding carboxylic acids is 1. The normalized spacial score (nSPS) is 22.2. The number of rotatable bonds is 5. The highest BCUT2D eigenvalue weighted by Crippen LogP contribution is 2.36. The lowest BCUT2D eigenvalue weighted by molar-refractivity contribution is -0.188. The molecule has 2 aromatic heterocycles. The molecule has 2 aromatic rings. The lowest BCUT2D eigenvalue weighted by Gasteiger charge is -2.43. The quantitative estimate of drug-likeness (QED) is 0.397. The average Bonchev–Trinajstić information content (AvgIpc) is 3.48. The zero-order valence-corrected chi connectivity index (χ0v) is 17.6. The van der Waals surface area contributed by atoms with Crippen molar-refractivity contribution in [2.75, 3.05) is 13.1 Å². The van der Waals surface area contributed by atoms with Gasteiger partial charge in [0.05, 0.1) is 11.9 Å². The number of amidine groups is 1. The predicted octanol–water partition coefficient (Wildman–Crippen LogP) is 3.50. The molecule has 2 bridgehead atoms. The first kappa shape index (κ1) is 22.9. The van der Waals surface area contributed by atoms with Crippen molar-refractivity contribution >= 4 is 18.1 Å². The Morgan fingerprint density at radius 1 is 1.27 bits per heavy atom. The number of hydrogen-bond acceptors (Lipinski definition) is 3. The highest BCUT2D eigenvalue weighted by atomic mass is 19.4. The molecule has 0 aliphatic carbocycles. The van der Waals surface area contributed by atoms with E-state index >= 15 is 0 Å². The van der Waals surface area contributed by atoms with E-state index in [-0.39, 0.29) is 13.1 Å². The molecule has 2 aliphatic rings. The third-order valence-electron chi connectivity index (χ3n) is 6.14. The predicted molar refractivity (Wildman–Crippen MR) is 109 cm³/mol. The average molecular weight is 471 g/mol. The van der Waals surface area contributed by atoms with Gasteiger partial charge in [-0.2, -0.15) is 27.1 Å². The molecule has 4 rings (SSSR count). The van der Waals surface area contributed by atoms with Gasteiger partial charge in [-0.05, 0) is 25.8 Å². The largest absolute Gasteiger partial charge is 0.400 e. The topological polar surface area (TPSA) is 93.4 Å². The number of alkyl halides is 5. The minimum absolute atomic E-state index is 0.275.